The second-order valence-electron chi connectivity index (χ2n) is 6.90. The average molecular weight is 268 g/mol. The highest BCUT2D eigenvalue weighted by Crippen LogP contribution is 2.29. The number of ether oxygens (including phenoxy) is 1. The zero-order chi connectivity index (χ0) is 14.0. The quantitative estimate of drug-likeness (QED) is 0.786. The maximum atomic E-state index is 12.0. The van der Waals surface area contributed by atoms with Crippen molar-refractivity contribution < 1.29 is 9.53 Å². The molecule has 0 radical (unpaired) electrons. The summed E-state index contributed by atoms with van der Waals surface area (Å²) in [6.07, 6.45) is 3.68. The summed E-state index contributed by atoms with van der Waals surface area (Å²) in [6.45, 7) is 12.0. The summed E-state index contributed by atoms with van der Waals surface area (Å²) in [4.78, 5) is 16.4. The van der Waals surface area contributed by atoms with Gasteiger partial charge in [0.15, 0.2) is 0 Å². The molecule has 0 bridgehead atoms. The Bertz CT molecular complexity index is 321. The van der Waals surface area contributed by atoms with Crippen LogP contribution in [0, 0.1) is 5.92 Å². The summed E-state index contributed by atoms with van der Waals surface area (Å²) in [6, 6.07) is 0.820. The zero-order valence-corrected chi connectivity index (χ0v) is 12.8. The van der Waals surface area contributed by atoms with E-state index in [0.717, 1.165) is 38.6 Å². The first-order valence-electron chi connectivity index (χ1n) is 7.61. The predicted molar refractivity (Wildman–Crippen MR) is 76.2 cm³/mol. The van der Waals surface area contributed by atoms with Crippen LogP contribution in [0.5, 0.6) is 0 Å². The van der Waals surface area contributed by atoms with Crippen molar-refractivity contribution in [2.24, 2.45) is 5.92 Å². The first-order chi connectivity index (χ1) is 8.89. The fraction of sp³-hybridized carbons (Fsp3) is 0.933. The minimum atomic E-state index is -0.390. The Morgan fingerprint density at radius 2 is 2.00 bits per heavy atom. The molecule has 0 aromatic carbocycles. The Morgan fingerprint density at radius 1 is 1.32 bits per heavy atom. The predicted octanol–water partition coefficient (Wildman–Crippen LogP) is 2.73. The first kappa shape index (κ1) is 14.6. The van der Waals surface area contributed by atoms with E-state index < -0.39 is 5.60 Å². The van der Waals surface area contributed by atoms with Gasteiger partial charge in [-0.25, -0.2) is 4.79 Å². The number of hydrogen-bond donors (Lipinski definition) is 0. The van der Waals surface area contributed by atoms with Gasteiger partial charge in [0.25, 0.3) is 0 Å². The van der Waals surface area contributed by atoms with Gasteiger partial charge in [0, 0.05) is 25.7 Å². The molecule has 0 aromatic heterocycles. The molecule has 1 saturated carbocycles. The molecule has 0 spiro atoms. The number of hydrogen-bond acceptors (Lipinski definition) is 3. The standard InChI is InChI=1S/C15H28N2O2/c1-5-16(13-6-7-13)10-12-8-9-17(11-12)14(18)19-15(2,3)4/h12-13H,5-11H2,1-4H3. The largest absolute Gasteiger partial charge is 0.444 e. The lowest BCUT2D eigenvalue weighted by Crippen LogP contribution is -2.37. The van der Waals surface area contributed by atoms with Crippen molar-refractivity contribution in [3.8, 4) is 0 Å². The van der Waals surface area contributed by atoms with Crippen LogP contribution < -0.4 is 0 Å². The molecule has 1 atom stereocenters. The molecule has 110 valence electrons. The van der Waals surface area contributed by atoms with Gasteiger partial charge in [0.1, 0.15) is 5.60 Å². The summed E-state index contributed by atoms with van der Waals surface area (Å²) in [5.74, 6) is 0.619. The topological polar surface area (TPSA) is 32.8 Å². The molecule has 2 fully saturated rings. The fourth-order valence-electron chi connectivity index (χ4n) is 2.78. The van der Waals surface area contributed by atoms with Crippen LogP contribution >= 0.6 is 0 Å². The second-order valence-corrected chi connectivity index (χ2v) is 6.90. The van der Waals surface area contributed by atoms with Gasteiger partial charge < -0.3 is 14.5 Å². The zero-order valence-electron chi connectivity index (χ0n) is 12.8. The summed E-state index contributed by atoms with van der Waals surface area (Å²) >= 11 is 0. The second kappa shape index (κ2) is 5.70. The molecule has 0 N–H and O–H groups in total. The molecule has 4 nitrogen and oxygen atoms in total. The van der Waals surface area contributed by atoms with Crippen LogP contribution in [-0.2, 0) is 4.74 Å². The van der Waals surface area contributed by atoms with Crippen LogP contribution in [0.25, 0.3) is 0 Å². The van der Waals surface area contributed by atoms with Crippen molar-refractivity contribution in [1.82, 2.24) is 9.80 Å². The first-order valence-corrected chi connectivity index (χ1v) is 7.61. The van der Waals surface area contributed by atoms with Crippen molar-refractivity contribution in [2.45, 2.75) is 58.6 Å². The van der Waals surface area contributed by atoms with E-state index in [1.54, 1.807) is 0 Å². The minimum Gasteiger partial charge on any atom is -0.444 e. The van der Waals surface area contributed by atoms with Crippen LogP contribution in [0.1, 0.15) is 47.0 Å². The van der Waals surface area contributed by atoms with Gasteiger partial charge in [-0.3, -0.25) is 0 Å². The van der Waals surface area contributed by atoms with Gasteiger partial charge in [0.05, 0.1) is 0 Å². The Morgan fingerprint density at radius 3 is 2.53 bits per heavy atom. The van der Waals surface area contributed by atoms with Crippen molar-refractivity contribution in [1.29, 1.82) is 0 Å². The molecule has 1 aliphatic heterocycles. The maximum Gasteiger partial charge on any atom is 0.410 e. The molecule has 1 unspecified atom stereocenters. The summed E-state index contributed by atoms with van der Waals surface area (Å²) in [5.41, 5.74) is -0.390. The van der Waals surface area contributed by atoms with E-state index in [1.165, 1.54) is 12.8 Å². The number of nitrogens with zero attached hydrogens (tertiary/aromatic N) is 2. The number of likely N-dealkylation sites (tertiary alicyclic amines) is 1. The third-order valence-corrected chi connectivity index (χ3v) is 3.90. The average Bonchev–Trinajstić information content (AvgIpc) is 3.03. The molecule has 2 rings (SSSR count). The molecule has 2 aliphatic rings. The van der Waals surface area contributed by atoms with Crippen molar-refractivity contribution in [3.05, 3.63) is 0 Å². The Kier molecular flexibility index (Phi) is 4.39. The highest BCUT2D eigenvalue weighted by molar-refractivity contribution is 5.68. The fourth-order valence-corrected chi connectivity index (χ4v) is 2.78. The Hall–Kier alpha value is -0.770. The van der Waals surface area contributed by atoms with Gasteiger partial charge in [-0.1, -0.05) is 6.92 Å². The van der Waals surface area contributed by atoms with Gasteiger partial charge in [0.2, 0.25) is 0 Å². The monoisotopic (exact) mass is 268 g/mol. The van der Waals surface area contributed by atoms with Gasteiger partial charge in [-0.05, 0) is 52.5 Å². The van der Waals surface area contributed by atoms with Crippen molar-refractivity contribution in [2.75, 3.05) is 26.2 Å². The molecule has 1 saturated heterocycles. The minimum absolute atomic E-state index is 0.149. The number of carbonyl (C=O) groups excluding carboxylic acids is 1. The van der Waals surface area contributed by atoms with E-state index in [1.807, 2.05) is 25.7 Å². The number of amides is 1. The lowest BCUT2D eigenvalue weighted by molar-refractivity contribution is 0.0285. The van der Waals surface area contributed by atoms with E-state index >= 15 is 0 Å². The SMILES string of the molecule is CCN(CC1CCN(C(=O)OC(C)(C)C)C1)C1CC1. The van der Waals surface area contributed by atoms with E-state index in [-0.39, 0.29) is 6.09 Å². The van der Waals surface area contributed by atoms with Crippen molar-refractivity contribution >= 4 is 6.09 Å². The summed E-state index contributed by atoms with van der Waals surface area (Å²) in [7, 11) is 0. The third kappa shape index (κ3) is 4.37. The summed E-state index contributed by atoms with van der Waals surface area (Å²) < 4.78 is 5.43. The van der Waals surface area contributed by atoms with E-state index in [9.17, 15) is 4.79 Å². The van der Waals surface area contributed by atoms with E-state index in [4.69, 9.17) is 4.74 Å². The number of carbonyl (C=O) groups is 1. The lowest BCUT2D eigenvalue weighted by atomic mass is 10.1. The highest BCUT2D eigenvalue weighted by atomic mass is 16.6. The molecular weight excluding hydrogens is 240 g/mol. The van der Waals surface area contributed by atoms with E-state index in [2.05, 4.69) is 11.8 Å². The number of rotatable bonds is 4. The lowest BCUT2D eigenvalue weighted by Gasteiger charge is -2.26. The summed E-state index contributed by atoms with van der Waals surface area (Å²) in [5, 5.41) is 0. The molecule has 1 aliphatic carbocycles. The van der Waals surface area contributed by atoms with Crippen LogP contribution in [-0.4, -0.2) is 53.7 Å². The smallest absolute Gasteiger partial charge is 0.410 e. The van der Waals surface area contributed by atoms with Crippen LogP contribution in [0.2, 0.25) is 0 Å². The highest BCUT2D eigenvalue weighted by Gasteiger charge is 2.34. The van der Waals surface area contributed by atoms with E-state index in [0.29, 0.717) is 5.92 Å². The van der Waals surface area contributed by atoms with Gasteiger partial charge >= 0.3 is 6.09 Å². The molecule has 4 heteroatoms. The Balaban J connectivity index is 1.77. The molecule has 19 heavy (non-hydrogen) atoms. The Labute approximate surface area is 117 Å². The maximum absolute atomic E-state index is 12.0. The normalized spacial score (nSPS) is 24.1. The van der Waals surface area contributed by atoms with Crippen molar-refractivity contribution in [3.63, 3.8) is 0 Å². The van der Waals surface area contributed by atoms with Crippen LogP contribution in [0.4, 0.5) is 4.79 Å². The van der Waals surface area contributed by atoms with Gasteiger partial charge in [-0.2, -0.15) is 0 Å². The molecular formula is C15H28N2O2. The molecule has 1 amide bonds. The van der Waals surface area contributed by atoms with Crippen LogP contribution in [0.15, 0.2) is 0 Å². The molecule has 0 aromatic rings. The van der Waals surface area contributed by atoms with Crippen LogP contribution in [0.3, 0.4) is 0 Å². The third-order valence-electron chi connectivity index (χ3n) is 3.90. The van der Waals surface area contributed by atoms with Gasteiger partial charge in [-0.15, -0.1) is 0 Å². The molecule has 1 heterocycles.